The molecule has 0 atom stereocenters. The molecular weight excluding hydrogens is 971 g/mol. The number of hydrogen-bond donors (Lipinski definition) is 0. The molecule has 0 saturated heterocycles. The molecule has 0 aliphatic carbocycles. The van der Waals surface area contributed by atoms with Crippen molar-refractivity contribution in [1.82, 2.24) is 0 Å². The van der Waals surface area contributed by atoms with E-state index in [-0.39, 0.29) is 0 Å². The number of anilines is 12. The van der Waals surface area contributed by atoms with Gasteiger partial charge in [0.1, 0.15) is 0 Å². The first-order valence-electron chi connectivity index (χ1n) is 27.2. The summed E-state index contributed by atoms with van der Waals surface area (Å²) in [4.78, 5) is 14.6. The van der Waals surface area contributed by atoms with Crippen LogP contribution in [0.15, 0.2) is 327 Å². The minimum Gasteiger partial charge on any atom is -0.311 e. The van der Waals surface area contributed by atoms with E-state index in [1.807, 2.05) is 18.2 Å². The maximum absolute atomic E-state index is 5.31. The molecule has 0 bridgehead atoms. The maximum atomic E-state index is 5.31. The molecule has 384 valence electrons. The van der Waals surface area contributed by atoms with Crippen LogP contribution >= 0.6 is 0 Å². The molecule has 0 amide bonds. The summed E-state index contributed by atoms with van der Waals surface area (Å²) in [6.07, 6.45) is 0. The second-order valence-electron chi connectivity index (χ2n) is 19.9. The van der Waals surface area contributed by atoms with Gasteiger partial charge in [-0.05, 0) is 194 Å². The molecule has 5 nitrogen and oxygen atoms in total. The molecule has 5 heteroatoms. The van der Waals surface area contributed by atoms with Crippen molar-refractivity contribution in [2.24, 2.45) is 4.99 Å². The third kappa shape index (κ3) is 11.2. The molecular formula is C75H59N5. The van der Waals surface area contributed by atoms with Gasteiger partial charge in [-0.15, -0.1) is 0 Å². The standard InChI is InChI=1S/C75H59N5/c1-56-22-18-36-71(52-56)78(65-32-14-6-15-33-65)69-48-50-70(51-49-69)80(72-37-19-23-57(2)53-72)74-39-21-25-61(55-74)60-24-20-38-73(54-60)79(66-34-16-7-17-35-66)68-46-42-59(43-47-68)75(76-62-26-8-3-9-27-62)58-40-44-67(45-41-58)77(63-28-10-4-11-29-63)64-30-12-5-13-31-64/h3-55H,1-2H3. The molecule has 0 heterocycles. The molecule has 80 heavy (non-hydrogen) atoms. The van der Waals surface area contributed by atoms with Crippen molar-refractivity contribution < 1.29 is 0 Å². The van der Waals surface area contributed by atoms with E-state index in [0.29, 0.717) is 0 Å². The lowest BCUT2D eigenvalue weighted by Gasteiger charge is -2.29. The normalized spacial score (nSPS) is 11.2. The second-order valence-corrected chi connectivity index (χ2v) is 19.9. The zero-order chi connectivity index (χ0) is 54.0. The number of rotatable bonds is 16. The first-order valence-corrected chi connectivity index (χ1v) is 27.2. The van der Waals surface area contributed by atoms with Crippen molar-refractivity contribution in [3.63, 3.8) is 0 Å². The highest BCUT2D eigenvalue weighted by atomic mass is 15.2. The summed E-state index contributed by atoms with van der Waals surface area (Å²) in [5, 5.41) is 0. The lowest BCUT2D eigenvalue weighted by molar-refractivity contribution is 1.25. The fourth-order valence-electron chi connectivity index (χ4n) is 10.5. The van der Waals surface area contributed by atoms with E-state index in [1.165, 1.54) is 11.1 Å². The van der Waals surface area contributed by atoms with Gasteiger partial charge in [0.05, 0.1) is 11.4 Å². The van der Waals surface area contributed by atoms with Crippen LogP contribution in [0, 0.1) is 13.8 Å². The van der Waals surface area contributed by atoms with E-state index < -0.39 is 0 Å². The molecule has 0 aliphatic rings. The maximum Gasteiger partial charge on any atom is 0.0781 e. The predicted molar refractivity (Wildman–Crippen MR) is 338 cm³/mol. The van der Waals surface area contributed by atoms with Crippen molar-refractivity contribution in [3.05, 3.63) is 344 Å². The van der Waals surface area contributed by atoms with Crippen molar-refractivity contribution in [1.29, 1.82) is 0 Å². The average Bonchev–Trinajstić information content (AvgIpc) is 3.52. The van der Waals surface area contributed by atoms with Gasteiger partial charge in [0, 0.05) is 79.4 Å². The molecule has 0 aliphatic heterocycles. The lowest BCUT2D eigenvalue weighted by Crippen LogP contribution is -2.12. The Morgan fingerprint density at radius 2 is 0.475 bits per heavy atom. The minimum absolute atomic E-state index is 0.889. The van der Waals surface area contributed by atoms with Gasteiger partial charge in [-0.3, -0.25) is 0 Å². The first kappa shape index (κ1) is 50.3. The minimum atomic E-state index is 0.889. The van der Waals surface area contributed by atoms with Gasteiger partial charge >= 0.3 is 0 Å². The Morgan fingerprint density at radius 1 is 0.225 bits per heavy atom. The van der Waals surface area contributed by atoms with Crippen LogP contribution in [0.2, 0.25) is 0 Å². The molecule has 12 aromatic rings. The number of benzene rings is 12. The molecule has 0 aromatic heterocycles. The summed E-state index contributed by atoms with van der Waals surface area (Å²) in [7, 11) is 0. The molecule has 0 spiro atoms. The molecule has 0 radical (unpaired) electrons. The van der Waals surface area contributed by atoms with E-state index in [0.717, 1.165) is 102 Å². The quantitative estimate of drug-likeness (QED) is 0.0901. The van der Waals surface area contributed by atoms with Crippen molar-refractivity contribution in [2.45, 2.75) is 13.8 Å². The Morgan fingerprint density at radius 3 is 0.812 bits per heavy atom. The number of nitrogens with zero attached hydrogens (tertiary/aromatic N) is 5. The topological polar surface area (TPSA) is 25.3 Å². The largest absolute Gasteiger partial charge is 0.311 e. The van der Waals surface area contributed by atoms with E-state index in [4.69, 9.17) is 4.99 Å². The fraction of sp³-hybridized carbons (Fsp3) is 0.0267. The first-order chi connectivity index (χ1) is 39.5. The Kier molecular flexibility index (Phi) is 14.7. The zero-order valence-electron chi connectivity index (χ0n) is 44.8. The van der Waals surface area contributed by atoms with Crippen molar-refractivity contribution in [2.75, 3.05) is 19.6 Å². The van der Waals surface area contributed by atoms with Crippen LogP contribution in [0.1, 0.15) is 22.3 Å². The highest BCUT2D eigenvalue weighted by Gasteiger charge is 2.20. The Bertz CT molecular complexity index is 3960. The summed E-state index contributed by atoms with van der Waals surface area (Å²) in [6, 6.07) is 114. The van der Waals surface area contributed by atoms with Crippen LogP contribution < -0.4 is 19.6 Å². The van der Waals surface area contributed by atoms with E-state index in [9.17, 15) is 0 Å². The Hall–Kier alpha value is -10.5. The number of hydrogen-bond acceptors (Lipinski definition) is 5. The molecule has 12 rings (SSSR count). The van der Waals surface area contributed by atoms with Gasteiger partial charge in [-0.25, -0.2) is 4.99 Å². The summed E-state index contributed by atoms with van der Waals surface area (Å²) in [5.74, 6) is 0. The molecule has 0 N–H and O–H groups in total. The fourth-order valence-corrected chi connectivity index (χ4v) is 10.5. The summed E-state index contributed by atoms with van der Waals surface area (Å²) < 4.78 is 0. The van der Waals surface area contributed by atoms with Gasteiger partial charge in [-0.1, -0.05) is 164 Å². The third-order valence-electron chi connectivity index (χ3n) is 14.3. The Labute approximate surface area is 470 Å². The molecule has 12 aromatic carbocycles. The van der Waals surface area contributed by atoms with Crippen LogP contribution in [-0.2, 0) is 0 Å². The van der Waals surface area contributed by atoms with Gasteiger partial charge in [-0.2, -0.15) is 0 Å². The molecule has 0 fully saturated rings. The van der Waals surface area contributed by atoms with Gasteiger partial charge in [0.15, 0.2) is 0 Å². The highest BCUT2D eigenvalue weighted by molar-refractivity contribution is 6.14. The van der Waals surface area contributed by atoms with E-state index in [1.54, 1.807) is 0 Å². The SMILES string of the molecule is Cc1cccc(N(c2ccccc2)c2ccc(N(c3cccc(C)c3)c3cccc(-c4cccc(N(c5ccccc5)c5ccc(C(=Nc6ccccc6)c6ccc(N(c7ccccc7)c7ccccc7)cc6)cc5)c4)c3)cc2)c1. The van der Waals surface area contributed by atoms with E-state index >= 15 is 0 Å². The predicted octanol–water partition coefficient (Wildman–Crippen LogP) is 21.0. The number of aliphatic imine (C=N–C) groups is 1. The summed E-state index contributed by atoms with van der Waals surface area (Å²) in [6.45, 7) is 4.30. The summed E-state index contributed by atoms with van der Waals surface area (Å²) in [5.41, 5.74) is 21.3. The average molecular weight is 1030 g/mol. The zero-order valence-corrected chi connectivity index (χ0v) is 44.8. The van der Waals surface area contributed by atoms with Crippen molar-refractivity contribution >= 4 is 79.6 Å². The van der Waals surface area contributed by atoms with Gasteiger partial charge < -0.3 is 19.6 Å². The number of para-hydroxylation sites is 5. The van der Waals surface area contributed by atoms with Crippen LogP contribution in [0.3, 0.4) is 0 Å². The van der Waals surface area contributed by atoms with Crippen molar-refractivity contribution in [3.8, 4) is 11.1 Å². The lowest BCUT2D eigenvalue weighted by atomic mass is 10.00. The van der Waals surface area contributed by atoms with E-state index in [2.05, 4.69) is 337 Å². The van der Waals surface area contributed by atoms with Gasteiger partial charge in [0.2, 0.25) is 0 Å². The molecule has 0 unspecified atom stereocenters. The second kappa shape index (κ2) is 23.4. The monoisotopic (exact) mass is 1030 g/mol. The van der Waals surface area contributed by atoms with Gasteiger partial charge in [0.25, 0.3) is 0 Å². The smallest absolute Gasteiger partial charge is 0.0781 e. The number of aryl methyl sites for hydroxylation is 2. The molecule has 0 saturated carbocycles. The highest BCUT2D eigenvalue weighted by Crippen LogP contribution is 2.43. The summed E-state index contributed by atoms with van der Waals surface area (Å²) >= 11 is 0. The Balaban J connectivity index is 0.879. The van der Waals surface area contributed by atoms with Crippen LogP contribution in [0.5, 0.6) is 0 Å². The van der Waals surface area contributed by atoms with Crippen LogP contribution in [-0.4, -0.2) is 5.71 Å². The third-order valence-corrected chi connectivity index (χ3v) is 14.3. The van der Waals surface area contributed by atoms with Crippen LogP contribution in [0.4, 0.5) is 73.9 Å². The van der Waals surface area contributed by atoms with Crippen LogP contribution in [0.25, 0.3) is 11.1 Å².